The zero-order valence-electron chi connectivity index (χ0n) is 15.6. The number of rotatable bonds is 8. The summed E-state index contributed by atoms with van der Waals surface area (Å²) in [6.45, 7) is 2.78. The Morgan fingerprint density at radius 1 is 0.929 bits per heavy atom. The van der Waals surface area contributed by atoms with Gasteiger partial charge in [0.15, 0.2) is 5.75 Å². The van der Waals surface area contributed by atoms with E-state index in [9.17, 15) is 10.0 Å². The van der Waals surface area contributed by atoms with Crippen molar-refractivity contribution in [3.8, 4) is 11.5 Å². The standard InChI is InChI=1S/C22H22N2O4/c1-2-23-22(25)19-13-20(27-15-17-9-5-3-6-10-17)21(14-24(19)26)28-16-18-11-7-4-8-12-18/h3-14H,2,15-16H2,1H3,(H,23,25). The highest BCUT2D eigenvalue weighted by Crippen LogP contribution is 2.28. The molecule has 0 aliphatic heterocycles. The molecule has 2 aromatic carbocycles. The summed E-state index contributed by atoms with van der Waals surface area (Å²) in [5.74, 6) is 0.160. The first kappa shape index (κ1) is 19.2. The van der Waals surface area contributed by atoms with Crippen LogP contribution in [0, 0.1) is 5.21 Å². The van der Waals surface area contributed by atoms with Gasteiger partial charge in [-0.3, -0.25) is 4.79 Å². The molecule has 6 heteroatoms. The fourth-order valence-electron chi connectivity index (χ4n) is 2.61. The molecule has 0 spiro atoms. The number of amides is 1. The molecule has 28 heavy (non-hydrogen) atoms. The number of nitrogens with zero attached hydrogens (tertiary/aromatic N) is 1. The minimum atomic E-state index is -0.461. The zero-order valence-corrected chi connectivity index (χ0v) is 15.6. The molecule has 0 atom stereocenters. The first-order valence-electron chi connectivity index (χ1n) is 9.06. The molecule has 0 saturated carbocycles. The van der Waals surface area contributed by atoms with Crippen molar-refractivity contribution in [1.29, 1.82) is 0 Å². The normalized spacial score (nSPS) is 10.3. The maximum Gasteiger partial charge on any atom is 0.317 e. The lowest BCUT2D eigenvalue weighted by molar-refractivity contribution is -0.608. The van der Waals surface area contributed by atoms with Crippen LogP contribution in [-0.4, -0.2) is 12.5 Å². The van der Waals surface area contributed by atoms with Gasteiger partial charge in [-0.15, -0.1) is 0 Å². The third-order valence-electron chi connectivity index (χ3n) is 4.03. The monoisotopic (exact) mass is 378 g/mol. The molecule has 144 valence electrons. The molecule has 0 aliphatic carbocycles. The third-order valence-corrected chi connectivity index (χ3v) is 4.03. The fourth-order valence-corrected chi connectivity index (χ4v) is 2.61. The summed E-state index contributed by atoms with van der Waals surface area (Å²) in [6.07, 6.45) is 1.23. The van der Waals surface area contributed by atoms with Crippen molar-refractivity contribution in [1.82, 2.24) is 5.32 Å². The molecule has 0 aliphatic rings. The number of hydrogen-bond acceptors (Lipinski definition) is 4. The van der Waals surface area contributed by atoms with Gasteiger partial charge >= 0.3 is 5.91 Å². The van der Waals surface area contributed by atoms with E-state index in [4.69, 9.17) is 9.47 Å². The van der Waals surface area contributed by atoms with Crippen LogP contribution in [0.15, 0.2) is 72.9 Å². The summed E-state index contributed by atoms with van der Waals surface area (Å²) >= 11 is 0. The van der Waals surface area contributed by atoms with Gasteiger partial charge in [0.1, 0.15) is 13.2 Å². The molecule has 1 aromatic heterocycles. The van der Waals surface area contributed by atoms with Crippen LogP contribution in [0.4, 0.5) is 0 Å². The van der Waals surface area contributed by atoms with E-state index in [1.165, 1.54) is 12.3 Å². The van der Waals surface area contributed by atoms with Gasteiger partial charge in [0.05, 0.1) is 6.07 Å². The molecule has 6 nitrogen and oxygen atoms in total. The number of pyridine rings is 1. The van der Waals surface area contributed by atoms with Crippen molar-refractivity contribution in [2.45, 2.75) is 20.1 Å². The predicted octanol–water partition coefficient (Wildman–Crippen LogP) is 3.23. The summed E-state index contributed by atoms with van der Waals surface area (Å²) in [7, 11) is 0. The average Bonchev–Trinajstić information content (AvgIpc) is 2.73. The van der Waals surface area contributed by atoms with Crippen molar-refractivity contribution in [2.24, 2.45) is 0 Å². The van der Waals surface area contributed by atoms with Crippen molar-refractivity contribution in [3.63, 3.8) is 0 Å². The Morgan fingerprint density at radius 3 is 2.00 bits per heavy atom. The molecule has 0 saturated heterocycles. The first-order valence-corrected chi connectivity index (χ1v) is 9.06. The molecule has 1 amide bonds. The molecule has 0 radical (unpaired) electrons. The van der Waals surface area contributed by atoms with E-state index >= 15 is 0 Å². The maximum atomic E-state index is 12.3. The largest absolute Gasteiger partial charge is 0.618 e. The second-order valence-electron chi connectivity index (χ2n) is 6.12. The number of hydrogen-bond donors (Lipinski definition) is 1. The first-order chi connectivity index (χ1) is 13.7. The Bertz CT molecular complexity index is 915. The van der Waals surface area contributed by atoms with E-state index in [2.05, 4.69) is 5.32 Å². The predicted molar refractivity (Wildman–Crippen MR) is 105 cm³/mol. The summed E-state index contributed by atoms with van der Waals surface area (Å²) < 4.78 is 12.2. The number of carbonyl (C=O) groups excluding carboxylic acids is 1. The lowest BCUT2D eigenvalue weighted by atomic mass is 10.2. The van der Waals surface area contributed by atoms with Crippen LogP contribution >= 0.6 is 0 Å². The lowest BCUT2D eigenvalue weighted by Crippen LogP contribution is -2.39. The highest BCUT2D eigenvalue weighted by atomic mass is 16.5. The van der Waals surface area contributed by atoms with Crippen LogP contribution in [-0.2, 0) is 13.2 Å². The van der Waals surface area contributed by atoms with E-state index < -0.39 is 5.91 Å². The van der Waals surface area contributed by atoms with E-state index in [-0.39, 0.29) is 18.1 Å². The number of carbonyl (C=O) groups is 1. The molecule has 0 bridgehead atoms. The Morgan fingerprint density at radius 2 is 1.46 bits per heavy atom. The minimum Gasteiger partial charge on any atom is -0.618 e. The minimum absolute atomic E-state index is 0.0445. The van der Waals surface area contributed by atoms with Crippen LogP contribution < -0.4 is 19.5 Å². The smallest absolute Gasteiger partial charge is 0.317 e. The SMILES string of the molecule is CCNC(=O)c1cc(OCc2ccccc2)c(OCc2ccccc2)c[n+]1[O-]. The second-order valence-corrected chi connectivity index (χ2v) is 6.12. The molecule has 0 unspecified atom stereocenters. The van der Waals surface area contributed by atoms with Crippen molar-refractivity contribution in [3.05, 3.63) is 95.0 Å². The van der Waals surface area contributed by atoms with Gasteiger partial charge in [0.25, 0.3) is 5.69 Å². The van der Waals surface area contributed by atoms with E-state index in [1.807, 2.05) is 60.7 Å². The number of nitrogens with one attached hydrogen (secondary N) is 1. The summed E-state index contributed by atoms with van der Waals surface area (Å²) in [4.78, 5) is 12.2. The Hall–Kier alpha value is -3.54. The molecule has 1 heterocycles. The highest BCUT2D eigenvalue weighted by molar-refractivity contribution is 5.91. The van der Waals surface area contributed by atoms with E-state index in [1.54, 1.807) is 6.92 Å². The summed E-state index contributed by atoms with van der Waals surface area (Å²) in [6, 6.07) is 20.7. The van der Waals surface area contributed by atoms with Gasteiger partial charge in [0, 0.05) is 6.54 Å². The van der Waals surface area contributed by atoms with Gasteiger partial charge in [-0.2, -0.15) is 4.73 Å². The Balaban J connectivity index is 1.84. The van der Waals surface area contributed by atoms with Gasteiger partial charge in [-0.1, -0.05) is 60.7 Å². The number of ether oxygens (including phenoxy) is 2. The van der Waals surface area contributed by atoms with Gasteiger partial charge in [-0.25, -0.2) is 0 Å². The van der Waals surface area contributed by atoms with Crippen LogP contribution in [0.25, 0.3) is 0 Å². The van der Waals surface area contributed by atoms with Gasteiger partial charge in [0.2, 0.25) is 11.9 Å². The van der Waals surface area contributed by atoms with Crippen LogP contribution in [0.2, 0.25) is 0 Å². The second kappa shape index (κ2) is 9.41. The molecule has 3 aromatic rings. The lowest BCUT2D eigenvalue weighted by Gasteiger charge is -2.14. The van der Waals surface area contributed by atoms with E-state index in [0.717, 1.165) is 11.1 Å². The molecule has 3 rings (SSSR count). The summed E-state index contributed by atoms with van der Waals surface area (Å²) in [5.41, 5.74) is 1.88. The zero-order chi connectivity index (χ0) is 19.8. The van der Waals surface area contributed by atoms with Crippen molar-refractivity contribution >= 4 is 5.91 Å². The molecule has 0 fully saturated rings. The van der Waals surface area contributed by atoms with Crippen molar-refractivity contribution < 1.29 is 19.0 Å². The average molecular weight is 378 g/mol. The van der Waals surface area contributed by atoms with Crippen LogP contribution in [0.5, 0.6) is 11.5 Å². The van der Waals surface area contributed by atoms with Crippen LogP contribution in [0.1, 0.15) is 28.5 Å². The Labute approximate surface area is 163 Å². The number of benzene rings is 2. The fraction of sp³-hybridized carbons (Fsp3) is 0.182. The summed E-state index contributed by atoms with van der Waals surface area (Å²) in [5, 5.41) is 14.9. The third kappa shape index (κ3) is 5.01. The van der Waals surface area contributed by atoms with Crippen LogP contribution in [0.3, 0.4) is 0 Å². The molecular formula is C22H22N2O4. The highest BCUT2D eigenvalue weighted by Gasteiger charge is 2.21. The number of aromatic nitrogens is 1. The molecular weight excluding hydrogens is 356 g/mol. The topological polar surface area (TPSA) is 74.5 Å². The van der Waals surface area contributed by atoms with Gasteiger partial charge in [-0.05, 0) is 18.1 Å². The quantitative estimate of drug-likeness (QED) is 0.482. The van der Waals surface area contributed by atoms with Gasteiger partial charge < -0.3 is 20.0 Å². The van der Waals surface area contributed by atoms with E-state index in [0.29, 0.717) is 23.6 Å². The Kier molecular flexibility index (Phi) is 6.46. The van der Waals surface area contributed by atoms with Crippen molar-refractivity contribution in [2.75, 3.05) is 6.54 Å². The molecule has 1 N–H and O–H groups in total. The maximum absolute atomic E-state index is 12.3.